The zero-order valence-electron chi connectivity index (χ0n) is 15.6. The highest BCUT2D eigenvalue weighted by Gasteiger charge is 2.38. The van der Waals surface area contributed by atoms with E-state index in [1.807, 2.05) is 12.1 Å². The first-order valence-electron chi connectivity index (χ1n) is 8.83. The number of halogens is 3. The van der Waals surface area contributed by atoms with Crippen molar-refractivity contribution in [3.8, 4) is 11.5 Å². The molecule has 1 unspecified atom stereocenters. The van der Waals surface area contributed by atoms with Gasteiger partial charge in [0.2, 0.25) is 0 Å². The standard InChI is InChI=1S/C19H17F3N6O/c1-11(19(20,21)22)28-10-23-26-17(28)14-7-4-8-15(25-14)24-13-6-3-5-12-9-27(2)18(29)16(12)13/h3-8,10-11H,9H2,1-2H3,(H,24,25). The summed E-state index contributed by atoms with van der Waals surface area (Å²) in [6.45, 7) is 1.56. The Bertz CT molecular complexity index is 1080. The third-order valence-electron chi connectivity index (χ3n) is 4.82. The SMILES string of the molecule is CC(n1cnnc1-c1cccc(Nc2cccc3c2C(=O)N(C)C3)n1)C(F)(F)F. The number of pyridine rings is 1. The number of hydrogen-bond acceptors (Lipinski definition) is 5. The van der Waals surface area contributed by atoms with Crippen LogP contribution in [0.5, 0.6) is 0 Å². The summed E-state index contributed by atoms with van der Waals surface area (Å²) in [4.78, 5) is 18.4. The second kappa shape index (κ2) is 6.87. The maximum absolute atomic E-state index is 13.1. The average molecular weight is 402 g/mol. The van der Waals surface area contributed by atoms with Gasteiger partial charge in [-0.1, -0.05) is 18.2 Å². The van der Waals surface area contributed by atoms with E-state index >= 15 is 0 Å². The molecule has 0 aliphatic carbocycles. The number of carbonyl (C=O) groups is 1. The Labute approximate surface area is 164 Å². The van der Waals surface area contributed by atoms with E-state index < -0.39 is 12.2 Å². The first-order valence-corrected chi connectivity index (χ1v) is 8.83. The van der Waals surface area contributed by atoms with Gasteiger partial charge in [0.1, 0.15) is 23.9 Å². The van der Waals surface area contributed by atoms with Gasteiger partial charge in [0.05, 0.1) is 11.3 Å². The van der Waals surface area contributed by atoms with Gasteiger partial charge in [0.25, 0.3) is 5.91 Å². The quantitative estimate of drug-likeness (QED) is 0.719. The summed E-state index contributed by atoms with van der Waals surface area (Å²) in [7, 11) is 1.72. The van der Waals surface area contributed by atoms with Gasteiger partial charge in [0.15, 0.2) is 5.82 Å². The summed E-state index contributed by atoms with van der Waals surface area (Å²) >= 11 is 0. The van der Waals surface area contributed by atoms with E-state index in [9.17, 15) is 18.0 Å². The fourth-order valence-corrected chi connectivity index (χ4v) is 3.24. The number of nitrogens with one attached hydrogen (secondary N) is 1. The van der Waals surface area contributed by atoms with Gasteiger partial charge >= 0.3 is 6.18 Å². The Kier molecular flexibility index (Phi) is 4.48. The van der Waals surface area contributed by atoms with E-state index in [0.717, 1.165) is 23.4 Å². The van der Waals surface area contributed by atoms with Crippen LogP contribution in [-0.2, 0) is 6.54 Å². The molecule has 0 spiro atoms. The Morgan fingerprint density at radius 1 is 1.17 bits per heavy atom. The molecule has 0 saturated carbocycles. The van der Waals surface area contributed by atoms with E-state index in [2.05, 4.69) is 20.5 Å². The van der Waals surface area contributed by atoms with Crippen molar-refractivity contribution in [3.05, 3.63) is 53.9 Å². The molecule has 10 heteroatoms. The van der Waals surface area contributed by atoms with E-state index in [4.69, 9.17) is 0 Å². The molecular formula is C19H17F3N6O. The van der Waals surface area contributed by atoms with Gasteiger partial charge in [-0.25, -0.2) is 4.98 Å². The molecule has 1 aromatic carbocycles. The zero-order chi connectivity index (χ0) is 20.8. The molecule has 3 heterocycles. The van der Waals surface area contributed by atoms with Crippen LogP contribution in [0.25, 0.3) is 11.5 Å². The zero-order valence-corrected chi connectivity index (χ0v) is 15.6. The van der Waals surface area contributed by atoms with Crippen LogP contribution >= 0.6 is 0 Å². The van der Waals surface area contributed by atoms with Crippen LogP contribution in [0.2, 0.25) is 0 Å². The molecular weight excluding hydrogens is 385 g/mol. The normalized spacial score (nSPS) is 14.8. The lowest BCUT2D eigenvalue weighted by Gasteiger charge is -2.18. The van der Waals surface area contributed by atoms with Crippen molar-refractivity contribution in [1.82, 2.24) is 24.6 Å². The number of hydrogen-bond donors (Lipinski definition) is 1. The average Bonchev–Trinajstić information content (AvgIpc) is 3.26. The summed E-state index contributed by atoms with van der Waals surface area (Å²) in [6, 6.07) is 8.56. The minimum absolute atomic E-state index is 0.00701. The van der Waals surface area contributed by atoms with Gasteiger partial charge in [-0.15, -0.1) is 10.2 Å². The van der Waals surface area contributed by atoms with Crippen molar-refractivity contribution in [2.75, 3.05) is 12.4 Å². The van der Waals surface area contributed by atoms with Crippen LogP contribution in [0.1, 0.15) is 28.9 Å². The summed E-state index contributed by atoms with van der Waals surface area (Å²) in [5.74, 6) is 0.290. The molecule has 2 aromatic heterocycles. The topological polar surface area (TPSA) is 75.9 Å². The van der Waals surface area contributed by atoms with Crippen molar-refractivity contribution >= 4 is 17.4 Å². The van der Waals surface area contributed by atoms with Crippen molar-refractivity contribution in [2.45, 2.75) is 25.7 Å². The van der Waals surface area contributed by atoms with E-state index in [0.29, 0.717) is 23.6 Å². The largest absolute Gasteiger partial charge is 0.408 e. The first kappa shape index (κ1) is 18.9. The van der Waals surface area contributed by atoms with Crippen LogP contribution in [0.4, 0.5) is 24.7 Å². The van der Waals surface area contributed by atoms with Crippen LogP contribution in [-0.4, -0.2) is 43.8 Å². The van der Waals surface area contributed by atoms with Crippen molar-refractivity contribution < 1.29 is 18.0 Å². The van der Waals surface area contributed by atoms with Crippen molar-refractivity contribution in [3.63, 3.8) is 0 Å². The molecule has 3 aromatic rings. The lowest BCUT2D eigenvalue weighted by molar-refractivity contribution is -0.162. The minimum Gasteiger partial charge on any atom is -0.340 e. The fourth-order valence-electron chi connectivity index (χ4n) is 3.24. The molecule has 7 nitrogen and oxygen atoms in total. The van der Waals surface area contributed by atoms with Crippen LogP contribution in [0, 0.1) is 0 Å². The number of benzene rings is 1. The number of alkyl halides is 3. The van der Waals surface area contributed by atoms with Gasteiger partial charge in [0, 0.05) is 13.6 Å². The fraction of sp³-hybridized carbons (Fsp3) is 0.263. The second-order valence-electron chi connectivity index (χ2n) is 6.81. The van der Waals surface area contributed by atoms with Gasteiger partial charge in [-0.3, -0.25) is 4.79 Å². The number of rotatable bonds is 4. The molecule has 1 amide bonds. The lowest BCUT2D eigenvalue weighted by Crippen LogP contribution is -2.24. The minimum atomic E-state index is -4.44. The summed E-state index contributed by atoms with van der Waals surface area (Å²) in [5, 5.41) is 10.5. The predicted molar refractivity (Wildman–Crippen MR) is 99.5 cm³/mol. The number of nitrogens with zero attached hydrogens (tertiary/aromatic N) is 5. The molecule has 1 aliphatic heterocycles. The molecule has 0 saturated heterocycles. The van der Waals surface area contributed by atoms with E-state index in [-0.39, 0.29) is 17.4 Å². The smallest absolute Gasteiger partial charge is 0.340 e. The highest BCUT2D eigenvalue weighted by Crippen LogP contribution is 2.33. The van der Waals surface area contributed by atoms with E-state index in [1.54, 1.807) is 36.2 Å². The molecule has 0 fully saturated rings. The Balaban J connectivity index is 1.67. The number of carbonyl (C=O) groups excluding carboxylic acids is 1. The highest BCUT2D eigenvalue weighted by molar-refractivity contribution is 6.03. The molecule has 150 valence electrons. The molecule has 4 rings (SSSR count). The highest BCUT2D eigenvalue weighted by atomic mass is 19.4. The van der Waals surface area contributed by atoms with Gasteiger partial charge < -0.3 is 14.8 Å². The molecule has 29 heavy (non-hydrogen) atoms. The van der Waals surface area contributed by atoms with Crippen LogP contribution < -0.4 is 5.32 Å². The Morgan fingerprint density at radius 3 is 2.69 bits per heavy atom. The Hall–Kier alpha value is -3.43. The summed E-state index contributed by atoms with van der Waals surface area (Å²) in [5.41, 5.74) is 2.29. The first-order chi connectivity index (χ1) is 13.8. The third-order valence-corrected chi connectivity index (χ3v) is 4.82. The number of aromatic nitrogens is 4. The predicted octanol–water partition coefficient (Wildman–Crippen LogP) is 3.79. The monoisotopic (exact) mass is 402 g/mol. The van der Waals surface area contributed by atoms with Crippen LogP contribution in [0.3, 0.4) is 0 Å². The molecule has 0 radical (unpaired) electrons. The van der Waals surface area contributed by atoms with E-state index in [1.165, 1.54) is 0 Å². The van der Waals surface area contributed by atoms with Crippen molar-refractivity contribution in [2.24, 2.45) is 0 Å². The molecule has 0 bridgehead atoms. The maximum Gasteiger partial charge on any atom is 0.408 e. The summed E-state index contributed by atoms with van der Waals surface area (Å²) in [6.07, 6.45) is -3.40. The van der Waals surface area contributed by atoms with Gasteiger partial charge in [-0.05, 0) is 30.7 Å². The number of fused-ring (bicyclic) bond motifs is 1. The molecule has 1 N–H and O–H groups in total. The lowest BCUT2D eigenvalue weighted by atomic mass is 10.1. The van der Waals surface area contributed by atoms with Gasteiger partial charge in [-0.2, -0.15) is 13.2 Å². The number of anilines is 2. The van der Waals surface area contributed by atoms with Crippen molar-refractivity contribution in [1.29, 1.82) is 0 Å². The van der Waals surface area contributed by atoms with Crippen LogP contribution in [0.15, 0.2) is 42.7 Å². The molecule has 1 aliphatic rings. The maximum atomic E-state index is 13.1. The third kappa shape index (κ3) is 3.41. The number of amides is 1. The second-order valence-corrected chi connectivity index (χ2v) is 6.81. The Morgan fingerprint density at radius 2 is 1.93 bits per heavy atom. The molecule has 1 atom stereocenters. The summed E-state index contributed by atoms with van der Waals surface area (Å²) < 4.78 is 40.3.